The van der Waals surface area contributed by atoms with E-state index in [-0.39, 0.29) is 0 Å². The molecular weight excluding hydrogens is 120 g/mol. The van der Waals surface area contributed by atoms with Crippen molar-refractivity contribution in [3.8, 4) is 0 Å². The molecule has 0 spiro atoms. The van der Waals surface area contributed by atoms with Crippen LogP contribution in [-0.2, 0) is 0 Å². The van der Waals surface area contributed by atoms with Gasteiger partial charge in [0.25, 0.3) is 0 Å². The lowest BCUT2D eigenvalue weighted by atomic mass is 9.86. The van der Waals surface area contributed by atoms with Gasteiger partial charge in [0.2, 0.25) is 0 Å². The van der Waals surface area contributed by atoms with Crippen molar-refractivity contribution < 1.29 is 0 Å². The Balaban J connectivity index is 2.48. The summed E-state index contributed by atoms with van der Waals surface area (Å²) in [7, 11) is 0. The molecule has 1 aliphatic carbocycles. The normalized spacial score (nSPS) is 26.8. The Labute approximate surface area is 64.3 Å². The summed E-state index contributed by atoms with van der Waals surface area (Å²) in [5, 5.41) is 0. The molecule has 58 valence electrons. The highest BCUT2D eigenvalue weighted by Gasteiger charge is 2.11. The van der Waals surface area contributed by atoms with Crippen LogP contribution < -0.4 is 0 Å². The van der Waals surface area contributed by atoms with Crippen LogP contribution in [0, 0.1) is 11.8 Å². The van der Waals surface area contributed by atoms with E-state index >= 15 is 0 Å². The molecule has 0 bridgehead atoms. The zero-order valence-electron chi connectivity index (χ0n) is 7.35. The molecule has 0 aliphatic heterocycles. The second kappa shape index (κ2) is 3.23. The van der Waals surface area contributed by atoms with Crippen molar-refractivity contribution in [1.82, 2.24) is 0 Å². The highest BCUT2D eigenvalue weighted by molar-refractivity contribution is 5.08. The molecule has 1 aliphatic rings. The zero-order valence-corrected chi connectivity index (χ0v) is 7.35. The topological polar surface area (TPSA) is 0 Å². The average Bonchev–Trinajstić information content (AvgIpc) is 1.88. The molecule has 0 amide bonds. The monoisotopic (exact) mass is 138 g/mol. The van der Waals surface area contributed by atoms with Crippen molar-refractivity contribution in [2.24, 2.45) is 11.8 Å². The molecular formula is C10H18. The van der Waals surface area contributed by atoms with Gasteiger partial charge in [-0.05, 0) is 31.1 Å². The van der Waals surface area contributed by atoms with Gasteiger partial charge in [0, 0.05) is 0 Å². The summed E-state index contributed by atoms with van der Waals surface area (Å²) in [4.78, 5) is 0. The van der Waals surface area contributed by atoms with Crippen molar-refractivity contribution in [2.45, 2.75) is 40.0 Å². The molecule has 0 saturated carbocycles. The van der Waals surface area contributed by atoms with Crippen LogP contribution in [0.25, 0.3) is 0 Å². The highest BCUT2D eigenvalue weighted by Crippen LogP contribution is 2.27. The molecule has 0 heterocycles. The summed E-state index contributed by atoms with van der Waals surface area (Å²) in [6.07, 6.45) is 6.51. The van der Waals surface area contributed by atoms with Crippen LogP contribution in [0.5, 0.6) is 0 Å². The van der Waals surface area contributed by atoms with Crippen LogP contribution >= 0.6 is 0 Å². The van der Waals surface area contributed by atoms with Gasteiger partial charge in [0.05, 0.1) is 0 Å². The second-order valence-electron chi connectivity index (χ2n) is 3.81. The predicted molar refractivity (Wildman–Crippen MR) is 45.9 cm³/mol. The minimum absolute atomic E-state index is 0.785. The molecule has 0 aromatic rings. The molecule has 10 heavy (non-hydrogen) atoms. The molecule has 0 heteroatoms. The maximum absolute atomic E-state index is 2.44. The smallest absolute Gasteiger partial charge is 0.0260 e. The number of hydrogen-bond acceptors (Lipinski definition) is 0. The van der Waals surface area contributed by atoms with Crippen molar-refractivity contribution in [2.75, 3.05) is 0 Å². The fourth-order valence-corrected chi connectivity index (χ4v) is 1.51. The van der Waals surface area contributed by atoms with Crippen molar-refractivity contribution in [1.29, 1.82) is 0 Å². The van der Waals surface area contributed by atoms with E-state index in [1.165, 1.54) is 19.3 Å². The van der Waals surface area contributed by atoms with E-state index in [1.807, 2.05) is 0 Å². The lowest BCUT2D eigenvalue weighted by molar-refractivity contribution is 0.490. The zero-order chi connectivity index (χ0) is 7.56. The highest BCUT2D eigenvalue weighted by atomic mass is 14.2. The third-order valence-corrected chi connectivity index (χ3v) is 2.45. The van der Waals surface area contributed by atoms with E-state index in [0.29, 0.717) is 0 Å². The number of hydrogen-bond donors (Lipinski definition) is 0. The van der Waals surface area contributed by atoms with Gasteiger partial charge in [-0.25, -0.2) is 0 Å². The first-order valence-corrected chi connectivity index (χ1v) is 4.39. The van der Waals surface area contributed by atoms with Gasteiger partial charge in [0.15, 0.2) is 0 Å². The molecule has 0 aromatic carbocycles. The molecule has 0 saturated heterocycles. The molecule has 1 rings (SSSR count). The fraction of sp³-hybridized carbons (Fsp3) is 0.800. The molecule has 0 radical (unpaired) electrons. The Kier molecular flexibility index (Phi) is 2.53. The lowest BCUT2D eigenvalue weighted by Crippen LogP contribution is -2.05. The van der Waals surface area contributed by atoms with Gasteiger partial charge >= 0.3 is 0 Å². The van der Waals surface area contributed by atoms with Crippen molar-refractivity contribution in [3.05, 3.63) is 11.6 Å². The molecule has 1 atom stereocenters. The molecule has 0 N–H and O–H groups in total. The largest absolute Gasteiger partial charge is 0.0848 e. The Morgan fingerprint density at radius 2 is 2.20 bits per heavy atom. The summed E-state index contributed by atoms with van der Waals surface area (Å²) in [6, 6.07) is 0. The third-order valence-electron chi connectivity index (χ3n) is 2.45. The fourth-order valence-electron chi connectivity index (χ4n) is 1.51. The molecule has 0 nitrogen and oxygen atoms in total. The Morgan fingerprint density at radius 3 is 2.60 bits per heavy atom. The summed E-state index contributed by atoms with van der Waals surface area (Å²) in [5.74, 6) is 1.72. The maximum atomic E-state index is 2.44. The van der Waals surface area contributed by atoms with Crippen LogP contribution in [0.1, 0.15) is 40.0 Å². The van der Waals surface area contributed by atoms with Gasteiger partial charge in [-0.1, -0.05) is 32.4 Å². The van der Waals surface area contributed by atoms with Gasteiger partial charge in [-0.3, -0.25) is 0 Å². The van der Waals surface area contributed by atoms with E-state index < -0.39 is 0 Å². The summed E-state index contributed by atoms with van der Waals surface area (Å²) in [5.41, 5.74) is 1.68. The van der Waals surface area contributed by atoms with E-state index in [2.05, 4.69) is 26.8 Å². The van der Waals surface area contributed by atoms with Gasteiger partial charge in [-0.2, -0.15) is 0 Å². The first-order chi connectivity index (χ1) is 4.70. The quantitative estimate of drug-likeness (QED) is 0.487. The van der Waals surface area contributed by atoms with Crippen LogP contribution in [0.4, 0.5) is 0 Å². The van der Waals surface area contributed by atoms with E-state index in [9.17, 15) is 0 Å². The van der Waals surface area contributed by atoms with Crippen LogP contribution in [0.3, 0.4) is 0 Å². The first kappa shape index (κ1) is 7.84. The van der Waals surface area contributed by atoms with E-state index in [0.717, 1.165) is 11.8 Å². The van der Waals surface area contributed by atoms with Crippen molar-refractivity contribution >= 4 is 0 Å². The first-order valence-electron chi connectivity index (χ1n) is 4.39. The summed E-state index contributed by atoms with van der Waals surface area (Å²) < 4.78 is 0. The third kappa shape index (κ3) is 1.86. The SMILES string of the molecule is CC(C)C1=CC[C@H](C)CC1. The second-order valence-corrected chi connectivity index (χ2v) is 3.81. The summed E-state index contributed by atoms with van der Waals surface area (Å²) >= 11 is 0. The maximum Gasteiger partial charge on any atom is -0.0260 e. The van der Waals surface area contributed by atoms with E-state index in [4.69, 9.17) is 0 Å². The minimum atomic E-state index is 0.785. The minimum Gasteiger partial charge on any atom is -0.0848 e. The standard InChI is InChI=1S/C10H18/c1-8(2)10-6-4-9(3)5-7-10/h6,8-9H,4-5,7H2,1-3H3/t9-/m0/s1. The van der Waals surface area contributed by atoms with Crippen LogP contribution in [-0.4, -0.2) is 0 Å². The Hall–Kier alpha value is -0.260. The Bertz CT molecular complexity index is 131. The number of allylic oxidation sites excluding steroid dienone is 2. The summed E-state index contributed by atoms with van der Waals surface area (Å²) in [6.45, 7) is 6.93. The predicted octanol–water partition coefficient (Wildman–Crippen LogP) is 3.39. The molecule has 0 unspecified atom stereocenters. The van der Waals surface area contributed by atoms with Gasteiger partial charge in [0.1, 0.15) is 0 Å². The van der Waals surface area contributed by atoms with Gasteiger partial charge in [-0.15, -0.1) is 0 Å². The van der Waals surface area contributed by atoms with Gasteiger partial charge < -0.3 is 0 Å². The van der Waals surface area contributed by atoms with Crippen LogP contribution in [0.2, 0.25) is 0 Å². The molecule has 0 fully saturated rings. The molecule has 0 aromatic heterocycles. The Morgan fingerprint density at radius 1 is 1.50 bits per heavy atom. The van der Waals surface area contributed by atoms with E-state index in [1.54, 1.807) is 5.57 Å². The average molecular weight is 138 g/mol. The van der Waals surface area contributed by atoms with Crippen LogP contribution in [0.15, 0.2) is 11.6 Å². The number of rotatable bonds is 1. The lowest BCUT2D eigenvalue weighted by Gasteiger charge is -2.20. The van der Waals surface area contributed by atoms with Crippen molar-refractivity contribution in [3.63, 3.8) is 0 Å².